The molecule has 0 heterocycles. The van der Waals surface area contributed by atoms with Gasteiger partial charge in [-0.25, -0.2) is 4.79 Å². The van der Waals surface area contributed by atoms with Crippen LogP contribution in [0.2, 0.25) is 0 Å². The number of rotatable bonds is 5. The van der Waals surface area contributed by atoms with E-state index in [2.05, 4.69) is 6.58 Å². The Morgan fingerprint density at radius 1 is 1.09 bits per heavy atom. The molecule has 0 aliphatic heterocycles. The van der Waals surface area contributed by atoms with E-state index in [1.165, 1.54) is 0 Å². The molecule has 0 bridgehead atoms. The van der Waals surface area contributed by atoms with Crippen LogP contribution in [0.4, 0.5) is 0 Å². The summed E-state index contributed by atoms with van der Waals surface area (Å²) >= 11 is 0. The smallest absolute Gasteiger partial charge is 0.335 e. The Hall–Kier alpha value is -2.88. The summed E-state index contributed by atoms with van der Waals surface area (Å²) in [4.78, 5) is 24.0. The Bertz CT molecular complexity index is 714. The number of aryl methyl sites for hydroxylation is 1. The van der Waals surface area contributed by atoms with Gasteiger partial charge in [0.1, 0.15) is 11.5 Å². The third kappa shape index (κ3) is 3.41. The van der Waals surface area contributed by atoms with E-state index in [9.17, 15) is 9.59 Å². The maximum Gasteiger partial charge on any atom is 0.335 e. The van der Waals surface area contributed by atoms with E-state index >= 15 is 0 Å². The quantitative estimate of drug-likeness (QED) is 0.367. The molecule has 0 aliphatic rings. The van der Waals surface area contributed by atoms with E-state index in [0.717, 1.165) is 11.6 Å². The van der Waals surface area contributed by atoms with Gasteiger partial charge in [-0.2, -0.15) is 0 Å². The van der Waals surface area contributed by atoms with Crippen molar-refractivity contribution in [3.63, 3.8) is 0 Å². The summed E-state index contributed by atoms with van der Waals surface area (Å²) in [5.74, 6) is 0.0633. The van der Waals surface area contributed by atoms with Crippen molar-refractivity contribution in [1.29, 1.82) is 0 Å². The highest BCUT2D eigenvalue weighted by Crippen LogP contribution is 2.24. The molecule has 0 spiro atoms. The van der Waals surface area contributed by atoms with Crippen LogP contribution in [0.15, 0.2) is 55.1 Å². The molecule has 0 saturated carbocycles. The summed E-state index contributed by atoms with van der Waals surface area (Å²) < 4.78 is 10.2. The fourth-order valence-corrected chi connectivity index (χ4v) is 1.95. The summed E-state index contributed by atoms with van der Waals surface area (Å²) in [6, 6.07) is 11.8. The first kappa shape index (κ1) is 15.5. The van der Waals surface area contributed by atoms with Gasteiger partial charge in [0.05, 0.1) is 12.7 Å². The topological polar surface area (TPSA) is 52.6 Å². The van der Waals surface area contributed by atoms with Crippen LogP contribution in [0.25, 0.3) is 0 Å². The number of carbonyl (C=O) groups is 2. The Morgan fingerprint density at radius 2 is 1.77 bits per heavy atom. The van der Waals surface area contributed by atoms with Gasteiger partial charge in [-0.05, 0) is 48.9 Å². The number of hydrogen-bond acceptors (Lipinski definition) is 4. The maximum atomic E-state index is 12.6. The van der Waals surface area contributed by atoms with Gasteiger partial charge in [-0.1, -0.05) is 12.6 Å². The molecule has 0 amide bonds. The second-order valence-corrected chi connectivity index (χ2v) is 4.68. The minimum absolute atomic E-state index is 0.227. The van der Waals surface area contributed by atoms with E-state index in [0.29, 0.717) is 16.9 Å². The summed E-state index contributed by atoms with van der Waals surface area (Å²) in [5, 5.41) is 0. The third-order valence-corrected chi connectivity index (χ3v) is 3.11. The third-order valence-electron chi connectivity index (χ3n) is 3.11. The van der Waals surface area contributed by atoms with Crippen molar-refractivity contribution in [3.8, 4) is 11.5 Å². The van der Waals surface area contributed by atoms with Gasteiger partial charge in [0.25, 0.3) is 0 Å². The average molecular weight is 296 g/mol. The van der Waals surface area contributed by atoms with Crippen LogP contribution < -0.4 is 9.47 Å². The first-order chi connectivity index (χ1) is 10.5. The number of esters is 1. The van der Waals surface area contributed by atoms with E-state index in [-0.39, 0.29) is 11.5 Å². The van der Waals surface area contributed by atoms with Crippen molar-refractivity contribution in [3.05, 3.63) is 71.8 Å². The Labute approximate surface area is 129 Å². The molecule has 0 radical (unpaired) electrons. The molecule has 2 aromatic carbocycles. The lowest BCUT2D eigenvalue weighted by Gasteiger charge is -2.10. The molecular weight excluding hydrogens is 280 g/mol. The number of methoxy groups -OCH3 is 1. The highest BCUT2D eigenvalue weighted by atomic mass is 16.5. The zero-order chi connectivity index (χ0) is 16.1. The number of carbonyl (C=O) groups excluding carboxylic acids is 2. The second kappa shape index (κ2) is 6.72. The summed E-state index contributed by atoms with van der Waals surface area (Å²) in [5.41, 5.74) is 1.70. The fraction of sp³-hybridized carbons (Fsp3) is 0.111. The molecule has 0 unspecified atom stereocenters. The van der Waals surface area contributed by atoms with Gasteiger partial charge in [-0.15, -0.1) is 0 Å². The highest BCUT2D eigenvalue weighted by Gasteiger charge is 2.16. The molecule has 4 nitrogen and oxygen atoms in total. The highest BCUT2D eigenvalue weighted by molar-refractivity contribution is 6.11. The van der Waals surface area contributed by atoms with Crippen LogP contribution in [-0.4, -0.2) is 18.9 Å². The first-order valence-corrected chi connectivity index (χ1v) is 6.69. The van der Waals surface area contributed by atoms with Gasteiger partial charge in [0.15, 0.2) is 5.78 Å². The predicted octanol–water partition coefficient (Wildman–Crippen LogP) is 3.33. The van der Waals surface area contributed by atoms with Crippen LogP contribution in [0.3, 0.4) is 0 Å². The average Bonchev–Trinajstić information content (AvgIpc) is 2.54. The largest absolute Gasteiger partial charge is 0.497 e. The molecule has 2 rings (SSSR count). The molecular formula is C18H16O4. The summed E-state index contributed by atoms with van der Waals surface area (Å²) in [6.45, 7) is 5.21. The van der Waals surface area contributed by atoms with Crippen LogP contribution in [0.1, 0.15) is 21.5 Å². The molecule has 0 aliphatic carbocycles. The molecule has 4 heteroatoms. The van der Waals surface area contributed by atoms with Crippen LogP contribution >= 0.6 is 0 Å². The normalized spacial score (nSPS) is 9.91. The van der Waals surface area contributed by atoms with Crippen LogP contribution in [-0.2, 0) is 4.79 Å². The van der Waals surface area contributed by atoms with Crippen molar-refractivity contribution in [2.45, 2.75) is 6.92 Å². The monoisotopic (exact) mass is 296 g/mol. The van der Waals surface area contributed by atoms with E-state index < -0.39 is 5.97 Å². The predicted molar refractivity (Wildman–Crippen MR) is 83.4 cm³/mol. The number of hydrogen-bond donors (Lipinski definition) is 0. The summed E-state index contributed by atoms with van der Waals surface area (Å²) in [7, 11) is 1.56. The van der Waals surface area contributed by atoms with Gasteiger partial charge in [-0.3, -0.25) is 4.79 Å². The lowest BCUT2D eigenvalue weighted by Crippen LogP contribution is -2.09. The Balaban J connectivity index is 2.39. The number of ketones is 1. The minimum atomic E-state index is -0.602. The van der Waals surface area contributed by atoms with Crippen molar-refractivity contribution in [2.75, 3.05) is 7.11 Å². The van der Waals surface area contributed by atoms with E-state index in [4.69, 9.17) is 9.47 Å². The van der Waals surface area contributed by atoms with Gasteiger partial charge in [0.2, 0.25) is 0 Å². The Morgan fingerprint density at radius 3 is 2.36 bits per heavy atom. The maximum absolute atomic E-state index is 12.6. The lowest BCUT2D eigenvalue weighted by molar-refractivity contribution is -0.128. The molecule has 0 fully saturated rings. The minimum Gasteiger partial charge on any atom is -0.497 e. The zero-order valence-corrected chi connectivity index (χ0v) is 12.5. The first-order valence-electron chi connectivity index (χ1n) is 6.69. The lowest BCUT2D eigenvalue weighted by atomic mass is 10.0. The molecule has 0 aromatic heterocycles. The molecule has 22 heavy (non-hydrogen) atoms. The molecule has 0 N–H and O–H groups in total. The van der Waals surface area contributed by atoms with Gasteiger partial charge >= 0.3 is 5.97 Å². The molecule has 112 valence electrons. The molecule has 0 atom stereocenters. The van der Waals surface area contributed by atoms with Crippen molar-refractivity contribution >= 4 is 11.8 Å². The van der Waals surface area contributed by atoms with Crippen LogP contribution in [0.5, 0.6) is 11.5 Å². The zero-order valence-electron chi connectivity index (χ0n) is 12.5. The van der Waals surface area contributed by atoms with Gasteiger partial charge in [0, 0.05) is 11.6 Å². The number of benzene rings is 2. The van der Waals surface area contributed by atoms with Crippen molar-refractivity contribution in [1.82, 2.24) is 0 Å². The molecule has 0 saturated heterocycles. The standard InChI is InChI=1S/C18H16O4/c1-4-17(19)22-16-11-12(2)5-10-15(16)18(20)13-6-8-14(21-3)9-7-13/h4-11H,1H2,2-3H3. The van der Waals surface area contributed by atoms with Crippen LogP contribution in [0, 0.1) is 6.92 Å². The second-order valence-electron chi connectivity index (χ2n) is 4.68. The van der Waals surface area contributed by atoms with E-state index in [1.54, 1.807) is 49.6 Å². The van der Waals surface area contributed by atoms with E-state index in [1.807, 2.05) is 6.92 Å². The van der Waals surface area contributed by atoms with Crippen molar-refractivity contribution in [2.24, 2.45) is 0 Å². The molecule has 2 aromatic rings. The van der Waals surface area contributed by atoms with Gasteiger partial charge < -0.3 is 9.47 Å². The number of ether oxygens (including phenoxy) is 2. The Kier molecular flexibility index (Phi) is 4.73. The summed E-state index contributed by atoms with van der Waals surface area (Å²) in [6.07, 6.45) is 1.06. The SMILES string of the molecule is C=CC(=O)Oc1cc(C)ccc1C(=O)c1ccc(OC)cc1. The van der Waals surface area contributed by atoms with Crippen molar-refractivity contribution < 1.29 is 19.1 Å². The fourth-order valence-electron chi connectivity index (χ4n) is 1.95.